The predicted octanol–water partition coefficient (Wildman–Crippen LogP) is 3.13. The van der Waals surface area contributed by atoms with Crippen LogP contribution in [0.2, 0.25) is 0 Å². The van der Waals surface area contributed by atoms with Crippen molar-refractivity contribution in [3.05, 3.63) is 58.3 Å². The normalized spacial score (nSPS) is 12.7. The second-order valence-corrected chi connectivity index (χ2v) is 4.74. The van der Waals surface area contributed by atoms with E-state index in [0.717, 1.165) is 0 Å². The molecule has 1 atom stereocenters. The van der Waals surface area contributed by atoms with Gasteiger partial charge in [-0.25, -0.2) is 0 Å². The van der Waals surface area contributed by atoms with E-state index in [1.54, 1.807) is 49.4 Å². The third-order valence-corrected chi connectivity index (χ3v) is 3.47. The molecule has 0 radical (unpaired) electrons. The van der Waals surface area contributed by atoms with Crippen LogP contribution in [0.25, 0.3) is 21.9 Å². The number of carbonyl (C=O) groups is 1. The molecule has 0 fully saturated rings. The number of carboxylic acids is 1. The van der Waals surface area contributed by atoms with Crippen molar-refractivity contribution < 1.29 is 14.3 Å². The van der Waals surface area contributed by atoms with Crippen molar-refractivity contribution in [1.82, 2.24) is 0 Å². The van der Waals surface area contributed by atoms with Crippen molar-refractivity contribution in [2.75, 3.05) is 0 Å². The molecule has 0 bridgehead atoms. The first-order chi connectivity index (χ1) is 9.58. The van der Waals surface area contributed by atoms with Crippen LogP contribution in [0, 0.1) is 0 Å². The highest BCUT2D eigenvalue weighted by Gasteiger charge is 2.15. The zero-order valence-electron chi connectivity index (χ0n) is 10.8. The number of hydrogen-bond donors (Lipinski definition) is 1. The van der Waals surface area contributed by atoms with Gasteiger partial charge in [0.15, 0.2) is 0 Å². The highest BCUT2D eigenvalue weighted by atomic mass is 16.4. The molecule has 20 heavy (non-hydrogen) atoms. The molecule has 2 aromatic carbocycles. The topological polar surface area (TPSA) is 67.5 Å². The summed E-state index contributed by atoms with van der Waals surface area (Å²) in [5.41, 5.74) is 1.45. The molecule has 3 aromatic rings. The van der Waals surface area contributed by atoms with E-state index in [9.17, 15) is 9.59 Å². The van der Waals surface area contributed by atoms with Crippen molar-refractivity contribution in [2.24, 2.45) is 0 Å². The number of carboxylic acid groups (broad SMARTS) is 1. The summed E-state index contributed by atoms with van der Waals surface area (Å²) in [5, 5.41) is 9.96. The number of aliphatic carboxylic acids is 1. The van der Waals surface area contributed by atoms with E-state index in [2.05, 4.69) is 0 Å². The second kappa shape index (κ2) is 4.49. The highest BCUT2D eigenvalue weighted by Crippen LogP contribution is 2.23. The molecule has 3 rings (SSSR count). The van der Waals surface area contributed by atoms with Gasteiger partial charge in [0.05, 0.1) is 16.7 Å². The van der Waals surface area contributed by atoms with E-state index in [1.807, 2.05) is 0 Å². The Hall–Kier alpha value is -2.62. The van der Waals surface area contributed by atoms with Crippen molar-refractivity contribution in [3.63, 3.8) is 0 Å². The summed E-state index contributed by atoms with van der Waals surface area (Å²) in [6.07, 6.45) is 0. The minimum Gasteiger partial charge on any atom is -0.481 e. The van der Waals surface area contributed by atoms with Crippen LogP contribution in [0.4, 0.5) is 0 Å². The van der Waals surface area contributed by atoms with Gasteiger partial charge in [-0.1, -0.05) is 18.2 Å². The number of rotatable bonds is 2. The quantitative estimate of drug-likeness (QED) is 0.725. The number of benzene rings is 2. The molecule has 0 aliphatic heterocycles. The Bertz CT molecular complexity index is 876. The Labute approximate surface area is 114 Å². The maximum atomic E-state index is 12.4. The minimum absolute atomic E-state index is 0.138. The van der Waals surface area contributed by atoms with Gasteiger partial charge in [-0.3, -0.25) is 9.59 Å². The maximum absolute atomic E-state index is 12.4. The summed E-state index contributed by atoms with van der Waals surface area (Å²) >= 11 is 0. The Balaban J connectivity index is 2.34. The van der Waals surface area contributed by atoms with Crippen LogP contribution in [-0.2, 0) is 4.79 Å². The van der Waals surface area contributed by atoms with Gasteiger partial charge in [0, 0.05) is 0 Å². The monoisotopic (exact) mass is 268 g/mol. The van der Waals surface area contributed by atoms with Crippen LogP contribution in [0.3, 0.4) is 0 Å². The molecule has 4 heteroatoms. The number of fused-ring (bicyclic) bond motifs is 2. The van der Waals surface area contributed by atoms with Gasteiger partial charge in [0.2, 0.25) is 5.43 Å². The van der Waals surface area contributed by atoms with Crippen LogP contribution < -0.4 is 5.43 Å². The zero-order valence-corrected chi connectivity index (χ0v) is 10.8. The molecule has 0 saturated carbocycles. The van der Waals surface area contributed by atoms with E-state index < -0.39 is 11.9 Å². The van der Waals surface area contributed by atoms with Gasteiger partial charge in [-0.05, 0) is 36.8 Å². The van der Waals surface area contributed by atoms with Crippen molar-refractivity contribution in [1.29, 1.82) is 0 Å². The van der Waals surface area contributed by atoms with E-state index >= 15 is 0 Å². The summed E-state index contributed by atoms with van der Waals surface area (Å²) < 4.78 is 5.67. The molecule has 0 spiro atoms. The first kappa shape index (κ1) is 12.4. The van der Waals surface area contributed by atoms with Crippen LogP contribution in [-0.4, -0.2) is 11.1 Å². The molecule has 100 valence electrons. The van der Waals surface area contributed by atoms with Gasteiger partial charge in [-0.15, -0.1) is 0 Å². The average Bonchev–Trinajstić information content (AvgIpc) is 2.46. The molecule has 1 aromatic heterocycles. The Morgan fingerprint density at radius 3 is 2.55 bits per heavy atom. The third-order valence-electron chi connectivity index (χ3n) is 3.47. The van der Waals surface area contributed by atoms with Crippen LogP contribution in [0.1, 0.15) is 18.4 Å². The first-order valence-corrected chi connectivity index (χ1v) is 6.26. The van der Waals surface area contributed by atoms with E-state index in [4.69, 9.17) is 9.52 Å². The molecule has 4 nitrogen and oxygen atoms in total. The fraction of sp³-hybridized carbons (Fsp3) is 0.125. The molecule has 0 aliphatic rings. The minimum atomic E-state index is -0.922. The Kier molecular flexibility index (Phi) is 2.79. The molecule has 0 aliphatic carbocycles. The molecule has 1 N–H and O–H groups in total. The number of hydrogen-bond acceptors (Lipinski definition) is 3. The maximum Gasteiger partial charge on any atom is 0.310 e. The lowest BCUT2D eigenvalue weighted by atomic mass is 9.99. The van der Waals surface area contributed by atoms with Gasteiger partial charge >= 0.3 is 5.97 Å². The lowest BCUT2D eigenvalue weighted by Crippen LogP contribution is -2.09. The van der Waals surface area contributed by atoms with Crippen molar-refractivity contribution in [3.8, 4) is 0 Å². The average molecular weight is 268 g/mol. The predicted molar refractivity (Wildman–Crippen MR) is 76.0 cm³/mol. The first-order valence-electron chi connectivity index (χ1n) is 6.26. The van der Waals surface area contributed by atoms with Gasteiger partial charge < -0.3 is 9.52 Å². The van der Waals surface area contributed by atoms with Crippen LogP contribution >= 0.6 is 0 Å². The summed E-state index contributed by atoms with van der Waals surface area (Å²) in [6.45, 7) is 1.59. The lowest BCUT2D eigenvalue weighted by molar-refractivity contribution is -0.138. The van der Waals surface area contributed by atoms with Gasteiger partial charge in [0.1, 0.15) is 11.2 Å². The van der Waals surface area contributed by atoms with Crippen molar-refractivity contribution in [2.45, 2.75) is 12.8 Å². The second-order valence-electron chi connectivity index (χ2n) is 4.74. The number of para-hydroxylation sites is 1. The SMILES string of the molecule is C[C@@H](C(=O)O)c1ccc2oc3ccccc3c(=O)c2c1. The van der Waals surface area contributed by atoms with Gasteiger partial charge in [0.25, 0.3) is 0 Å². The standard InChI is InChI=1S/C16H12O4/c1-9(16(18)19)10-6-7-14-12(8-10)15(17)11-4-2-3-5-13(11)20-14/h2-9H,1H3,(H,18,19)/t9-/m1/s1. The summed E-state index contributed by atoms with van der Waals surface area (Å²) in [4.78, 5) is 23.5. The molecule has 0 amide bonds. The van der Waals surface area contributed by atoms with Crippen LogP contribution in [0.15, 0.2) is 51.7 Å². The molecule has 0 unspecified atom stereocenters. The fourth-order valence-corrected chi connectivity index (χ4v) is 2.23. The van der Waals surface area contributed by atoms with E-state index in [-0.39, 0.29) is 5.43 Å². The van der Waals surface area contributed by atoms with Gasteiger partial charge in [-0.2, -0.15) is 0 Å². The highest BCUT2D eigenvalue weighted by molar-refractivity contribution is 5.90. The molecular weight excluding hydrogens is 256 g/mol. The zero-order chi connectivity index (χ0) is 14.3. The summed E-state index contributed by atoms with van der Waals surface area (Å²) in [6, 6.07) is 12.0. The lowest BCUT2D eigenvalue weighted by Gasteiger charge is -2.08. The van der Waals surface area contributed by atoms with E-state index in [1.165, 1.54) is 0 Å². The summed E-state index contributed by atoms with van der Waals surface area (Å²) in [7, 11) is 0. The van der Waals surface area contributed by atoms with Crippen molar-refractivity contribution >= 4 is 27.9 Å². The fourth-order valence-electron chi connectivity index (χ4n) is 2.23. The Morgan fingerprint density at radius 2 is 1.80 bits per heavy atom. The Morgan fingerprint density at radius 1 is 1.10 bits per heavy atom. The van der Waals surface area contributed by atoms with Crippen LogP contribution in [0.5, 0.6) is 0 Å². The largest absolute Gasteiger partial charge is 0.481 e. The smallest absolute Gasteiger partial charge is 0.310 e. The summed E-state index contributed by atoms with van der Waals surface area (Å²) in [5.74, 6) is -1.58. The third kappa shape index (κ3) is 1.86. The molecular formula is C16H12O4. The molecule has 0 saturated heterocycles. The molecule has 1 heterocycles. The van der Waals surface area contributed by atoms with E-state index in [0.29, 0.717) is 27.5 Å².